The van der Waals surface area contributed by atoms with Crippen LogP contribution in [0.3, 0.4) is 0 Å². The van der Waals surface area contributed by atoms with Crippen LogP contribution in [0.1, 0.15) is 59.3 Å². The molecule has 0 aromatic rings. The van der Waals surface area contributed by atoms with Gasteiger partial charge >= 0.3 is 0 Å². The van der Waals surface area contributed by atoms with Crippen LogP contribution < -0.4 is 5.32 Å². The lowest BCUT2D eigenvalue weighted by Crippen LogP contribution is -2.40. The van der Waals surface area contributed by atoms with Crippen molar-refractivity contribution in [1.82, 2.24) is 10.2 Å². The zero-order valence-corrected chi connectivity index (χ0v) is 13.5. The molecule has 0 atom stereocenters. The van der Waals surface area contributed by atoms with E-state index in [0.717, 1.165) is 19.6 Å². The molecule has 0 spiro atoms. The van der Waals surface area contributed by atoms with E-state index in [-0.39, 0.29) is 5.91 Å². The Hall–Kier alpha value is -0.610. The summed E-state index contributed by atoms with van der Waals surface area (Å²) < 4.78 is 0. The van der Waals surface area contributed by atoms with Gasteiger partial charge in [0, 0.05) is 26.1 Å². The molecule has 2 N–H and O–H groups in total. The number of carbonyl (C=O) groups excluding carboxylic acids is 1. The van der Waals surface area contributed by atoms with Gasteiger partial charge in [-0.2, -0.15) is 0 Å². The van der Waals surface area contributed by atoms with E-state index in [1.54, 1.807) is 13.8 Å². The number of hydrogen-bond donors (Lipinski definition) is 2. The van der Waals surface area contributed by atoms with E-state index in [0.29, 0.717) is 18.9 Å². The van der Waals surface area contributed by atoms with Crippen molar-refractivity contribution in [3.8, 4) is 0 Å². The molecule has 118 valence electrons. The first-order valence-electron chi connectivity index (χ1n) is 8.12. The number of carbonyl (C=O) groups is 1. The Labute approximate surface area is 123 Å². The average Bonchev–Trinajstić information content (AvgIpc) is 2.41. The van der Waals surface area contributed by atoms with E-state index in [9.17, 15) is 9.90 Å². The molecule has 1 rings (SSSR count). The van der Waals surface area contributed by atoms with Crippen LogP contribution in [-0.2, 0) is 4.79 Å². The molecular formula is C16H32N2O2. The standard InChI is InChI=1S/C16H32N2O2/c1-4-18(13-16(2,3)20)11-10-15(19)17-12-14-8-6-5-7-9-14/h14,20H,4-13H2,1-3H3,(H,17,19). The molecule has 20 heavy (non-hydrogen) atoms. The highest BCUT2D eigenvalue weighted by Gasteiger charge is 2.18. The van der Waals surface area contributed by atoms with Crippen LogP contribution in [0, 0.1) is 5.92 Å². The first kappa shape index (κ1) is 17.4. The second kappa shape index (κ2) is 8.63. The molecule has 4 nitrogen and oxygen atoms in total. The topological polar surface area (TPSA) is 52.6 Å². The van der Waals surface area contributed by atoms with E-state index >= 15 is 0 Å². The third kappa shape index (κ3) is 7.85. The molecule has 1 fully saturated rings. The van der Waals surface area contributed by atoms with Gasteiger partial charge in [0.1, 0.15) is 0 Å². The smallest absolute Gasteiger partial charge is 0.221 e. The van der Waals surface area contributed by atoms with Gasteiger partial charge in [-0.05, 0) is 39.2 Å². The van der Waals surface area contributed by atoms with Crippen molar-refractivity contribution in [1.29, 1.82) is 0 Å². The molecule has 1 aliphatic carbocycles. The Balaban J connectivity index is 2.17. The van der Waals surface area contributed by atoms with Crippen LogP contribution in [0.2, 0.25) is 0 Å². The first-order valence-corrected chi connectivity index (χ1v) is 8.12. The van der Waals surface area contributed by atoms with E-state index in [1.165, 1.54) is 32.1 Å². The lowest BCUT2D eigenvalue weighted by molar-refractivity contribution is -0.121. The maximum Gasteiger partial charge on any atom is 0.221 e. The minimum Gasteiger partial charge on any atom is -0.389 e. The number of amides is 1. The molecule has 0 saturated heterocycles. The van der Waals surface area contributed by atoms with Crippen LogP contribution in [0.15, 0.2) is 0 Å². The van der Waals surface area contributed by atoms with Crippen LogP contribution in [0.4, 0.5) is 0 Å². The molecule has 0 aromatic heterocycles. The molecule has 1 saturated carbocycles. The first-order chi connectivity index (χ1) is 9.40. The highest BCUT2D eigenvalue weighted by atomic mass is 16.3. The van der Waals surface area contributed by atoms with Crippen LogP contribution in [-0.4, -0.2) is 47.7 Å². The Morgan fingerprint density at radius 2 is 1.95 bits per heavy atom. The predicted octanol–water partition coefficient (Wildman–Crippen LogP) is 2.17. The summed E-state index contributed by atoms with van der Waals surface area (Å²) in [6.07, 6.45) is 7.04. The summed E-state index contributed by atoms with van der Waals surface area (Å²) in [5.74, 6) is 0.830. The van der Waals surface area contributed by atoms with E-state index in [1.807, 2.05) is 0 Å². The fraction of sp³-hybridized carbons (Fsp3) is 0.938. The third-order valence-electron chi connectivity index (χ3n) is 4.03. The summed E-state index contributed by atoms with van der Waals surface area (Å²) in [6.45, 7) is 8.70. The normalized spacial score (nSPS) is 17.4. The van der Waals surface area contributed by atoms with Gasteiger partial charge in [-0.25, -0.2) is 0 Å². The fourth-order valence-corrected chi connectivity index (χ4v) is 2.89. The lowest BCUT2D eigenvalue weighted by Gasteiger charge is -2.28. The van der Waals surface area contributed by atoms with E-state index < -0.39 is 5.60 Å². The van der Waals surface area contributed by atoms with Gasteiger partial charge in [0.25, 0.3) is 0 Å². The molecule has 1 amide bonds. The quantitative estimate of drug-likeness (QED) is 0.718. The summed E-state index contributed by atoms with van der Waals surface area (Å²) >= 11 is 0. The lowest BCUT2D eigenvalue weighted by atomic mass is 9.89. The Morgan fingerprint density at radius 1 is 1.30 bits per heavy atom. The SMILES string of the molecule is CCN(CCC(=O)NCC1CCCCC1)CC(C)(C)O. The molecule has 0 unspecified atom stereocenters. The van der Waals surface area contributed by atoms with E-state index in [2.05, 4.69) is 17.1 Å². The second-order valence-corrected chi connectivity index (χ2v) is 6.74. The molecule has 1 aliphatic rings. The molecule has 0 heterocycles. The summed E-state index contributed by atoms with van der Waals surface area (Å²) in [6, 6.07) is 0. The molecule has 0 bridgehead atoms. The number of rotatable bonds is 8. The average molecular weight is 284 g/mol. The fourth-order valence-electron chi connectivity index (χ4n) is 2.89. The minimum absolute atomic E-state index is 0.143. The Kier molecular flexibility index (Phi) is 7.52. The number of aliphatic hydroxyl groups is 1. The number of hydrogen-bond acceptors (Lipinski definition) is 3. The zero-order chi connectivity index (χ0) is 15.0. The van der Waals surface area contributed by atoms with Crippen molar-refractivity contribution in [3.05, 3.63) is 0 Å². The highest BCUT2D eigenvalue weighted by Crippen LogP contribution is 2.22. The van der Waals surface area contributed by atoms with Crippen molar-refractivity contribution in [2.75, 3.05) is 26.2 Å². The van der Waals surface area contributed by atoms with Gasteiger partial charge in [-0.15, -0.1) is 0 Å². The van der Waals surface area contributed by atoms with Crippen LogP contribution >= 0.6 is 0 Å². The summed E-state index contributed by atoms with van der Waals surface area (Å²) in [5.41, 5.74) is -0.700. The molecule has 0 radical (unpaired) electrons. The van der Waals surface area contributed by atoms with Crippen molar-refractivity contribution in [3.63, 3.8) is 0 Å². The molecular weight excluding hydrogens is 252 g/mol. The predicted molar refractivity (Wildman–Crippen MR) is 82.6 cm³/mol. The second-order valence-electron chi connectivity index (χ2n) is 6.74. The van der Waals surface area contributed by atoms with Crippen molar-refractivity contribution in [2.45, 2.75) is 64.9 Å². The minimum atomic E-state index is -0.700. The third-order valence-corrected chi connectivity index (χ3v) is 4.03. The number of likely N-dealkylation sites (N-methyl/N-ethyl adjacent to an activating group) is 1. The van der Waals surface area contributed by atoms with Gasteiger partial charge in [0.05, 0.1) is 5.60 Å². The zero-order valence-electron chi connectivity index (χ0n) is 13.5. The van der Waals surface area contributed by atoms with Gasteiger partial charge < -0.3 is 15.3 Å². The Morgan fingerprint density at radius 3 is 2.50 bits per heavy atom. The molecule has 0 aromatic carbocycles. The van der Waals surface area contributed by atoms with Crippen LogP contribution in [0.25, 0.3) is 0 Å². The van der Waals surface area contributed by atoms with Gasteiger partial charge in [-0.3, -0.25) is 4.79 Å². The summed E-state index contributed by atoms with van der Waals surface area (Å²) in [7, 11) is 0. The molecule has 0 aliphatic heterocycles. The maximum atomic E-state index is 11.9. The largest absolute Gasteiger partial charge is 0.389 e. The summed E-state index contributed by atoms with van der Waals surface area (Å²) in [5, 5.41) is 12.9. The van der Waals surface area contributed by atoms with Crippen molar-refractivity contribution >= 4 is 5.91 Å². The van der Waals surface area contributed by atoms with E-state index in [4.69, 9.17) is 0 Å². The Bertz CT molecular complexity index is 281. The monoisotopic (exact) mass is 284 g/mol. The number of nitrogens with zero attached hydrogens (tertiary/aromatic N) is 1. The highest BCUT2D eigenvalue weighted by molar-refractivity contribution is 5.76. The van der Waals surface area contributed by atoms with Gasteiger partial charge in [-0.1, -0.05) is 26.2 Å². The van der Waals surface area contributed by atoms with Gasteiger partial charge in [0.15, 0.2) is 0 Å². The van der Waals surface area contributed by atoms with Gasteiger partial charge in [0.2, 0.25) is 5.91 Å². The maximum absolute atomic E-state index is 11.9. The van der Waals surface area contributed by atoms with Crippen molar-refractivity contribution < 1.29 is 9.90 Å². The van der Waals surface area contributed by atoms with Crippen LogP contribution in [0.5, 0.6) is 0 Å². The number of nitrogens with one attached hydrogen (secondary N) is 1. The van der Waals surface area contributed by atoms with Crippen molar-refractivity contribution in [2.24, 2.45) is 5.92 Å². The summed E-state index contributed by atoms with van der Waals surface area (Å²) in [4.78, 5) is 14.0. The molecule has 4 heteroatoms.